The first-order valence-electron chi connectivity index (χ1n) is 6.76. The second kappa shape index (κ2) is 5.65. The molecule has 1 aliphatic heterocycles. The predicted molar refractivity (Wildman–Crippen MR) is 82.1 cm³/mol. The van der Waals surface area contributed by atoms with Gasteiger partial charge in [0.15, 0.2) is 5.13 Å². The Morgan fingerprint density at radius 1 is 1.38 bits per heavy atom. The number of carbonyl (C=O) groups is 2. The van der Waals surface area contributed by atoms with Crippen molar-refractivity contribution < 1.29 is 9.59 Å². The van der Waals surface area contributed by atoms with Gasteiger partial charge in [-0.15, -0.1) is 11.3 Å². The number of hydrogen-bond acceptors (Lipinski definition) is 4. The lowest BCUT2D eigenvalue weighted by Gasteiger charge is -2.08. The monoisotopic (exact) mass is 301 g/mol. The fourth-order valence-corrected chi connectivity index (χ4v) is 3.16. The first-order chi connectivity index (χ1) is 10.1. The zero-order valence-electron chi connectivity index (χ0n) is 11.6. The second-order valence-electron chi connectivity index (χ2n) is 4.94. The summed E-state index contributed by atoms with van der Waals surface area (Å²) in [4.78, 5) is 28.7. The van der Waals surface area contributed by atoms with Gasteiger partial charge in [0.25, 0.3) is 0 Å². The summed E-state index contributed by atoms with van der Waals surface area (Å²) < 4.78 is 0. The van der Waals surface area contributed by atoms with Crippen molar-refractivity contribution in [2.24, 2.45) is 0 Å². The normalized spacial score (nSPS) is 17.6. The number of rotatable bonds is 3. The quantitative estimate of drug-likeness (QED) is 0.914. The molecule has 1 fully saturated rings. The van der Waals surface area contributed by atoms with Gasteiger partial charge >= 0.3 is 0 Å². The fourth-order valence-electron chi connectivity index (χ4n) is 2.32. The highest BCUT2D eigenvalue weighted by Crippen LogP contribution is 2.30. The van der Waals surface area contributed by atoms with E-state index in [0.29, 0.717) is 18.0 Å². The van der Waals surface area contributed by atoms with Crippen LogP contribution in [0.25, 0.3) is 11.3 Å². The van der Waals surface area contributed by atoms with Gasteiger partial charge in [-0.1, -0.05) is 30.3 Å². The van der Waals surface area contributed by atoms with E-state index in [4.69, 9.17) is 0 Å². The average molecular weight is 301 g/mol. The molecular weight excluding hydrogens is 286 g/mol. The number of aromatic nitrogens is 1. The molecule has 1 aromatic carbocycles. The highest BCUT2D eigenvalue weighted by Gasteiger charge is 2.27. The van der Waals surface area contributed by atoms with E-state index < -0.39 is 6.04 Å². The van der Waals surface area contributed by atoms with Gasteiger partial charge in [0, 0.05) is 16.9 Å². The van der Waals surface area contributed by atoms with E-state index in [-0.39, 0.29) is 11.8 Å². The molecule has 0 bridgehead atoms. The Balaban J connectivity index is 1.75. The number of aryl methyl sites for hydroxylation is 1. The van der Waals surface area contributed by atoms with E-state index in [0.717, 1.165) is 16.1 Å². The molecule has 1 aromatic heterocycles. The van der Waals surface area contributed by atoms with Crippen LogP contribution in [0.4, 0.5) is 5.13 Å². The van der Waals surface area contributed by atoms with Crippen molar-refractivity contribution in [1.29, 1.82) is 0 Å². The summed E-state index contributed by atoms with van der Waals surface area (Å²) in [6.45, 7) is 1.98. The van der Waals surface area contributed by atoms with Gasteiger partial charge in [-0.05, 0) is 13.3 Å². The topological polar surface area (TPSA) is 71.1 Å². The standard InChI is InChI=1S/C15H15N3O2S/c1-9-13(10-5-3-2-4-6-10)17-15(21-9)18-14(20)11-7-8-12(19)16-11/h2-6,11H,7-8H2,1H3,(H,16,19)(H,17,18,20). The molecule has 0 aliphatic carbocycles. The number of benzene rings is 1. The van der Waals surface area contributed by atoms with Crippen molar-refractivity contribution >= 4 is 28.3 Å². The van der Waals surface area contributed by atoms with Crippen LogP contribution in [-0.2, 0) is 9.59 Å². The van der Waals surface area contributed by atoms with E-state index in [9.17, 15) is 9.59 Å². The van der Waals surface area contributed by atoms with Crippen molar-refractivity contribution in [3.8, 4) is 11.3 Å². The van der Waals surface area contributed by atoms with Crippen LogP contribution in [0, 0.1) is 6.92 Å². The van der Waals surface area contributed by atoms with Crippen LogP contribution < -0.4 is 10.6 Å². The van der Waals surface area contributed by atoms with Crippen LogP contribution in [0.3, 0.4) is 0 Å². The molecule has 1 aliphatic rings. The number of nitrogens with zero attached hydrogens (tertiary/aromatic N) is 1. The van der Waals surface area contributed by atoms with Crippen LogP contribution in [-0.4, -0.2) is 22.8 Å². The Hall–Kier alpha value is -2.21. The first-order valence-corrected chi connectivity index (χ1v) is 7.58. The maximum Gasteiger partial charge on any atom is 0.248 e. The zero-order valence-corrected chi connectivity index (χ0v) is 12.4. The number of amides is 2. The van der Waals surface area contributed by atoms with E-state index in [2.05, 4.69) is 15.6 Å². The summed E-state index contributed by atoms with van der Waals surface area (Å²) in [6.07, 6.45) is 0.949. The molecule has 2 amide bonds. The van der Waals surface area contributed by atoms with Gasteiger partial charge in [-0.25, -0.2) is 4.98 Å². The number of hydrogen-bond donors (Lipinski definition) is 2. The first kappa shape index (κ1) is 13.8. The maximum atomic E-state index is 12.1. The second-order valence-corrected chi connectivity index (χ2v) is 6.14. The number of carbonyl (C=O) groups excluding carboxylic acids is 2. The highest BCUT2D eigenvalue weighted by molar-refractivity contribution is 7.16. The predicted octanol–water partition coefficient (Wildman–Crippen LogP) is 2.34. The van der Waals surface area contributed by atoms with Crippen molar-refractivity contribution in [3.63, 3.8) is 0 Å². The minimum absolute atomic E-state index is 0.0737. The molecule has 0 saturated carbocycles. The third-order valence-electron chi connectivity index (χ3n) is 3.39. The van der Waals surface area contributed by atoms with Gasteiger partial charge in [0.05, 0.1) is 5.69 Å². The van der Waals surface area contributed by atoms with Gasteiger partial charge < -0.3 is 10.6 Å². The van der Waals surface area contributed by atoms with Crippen LogP contribution in [0.1, 0.15) is 17.7 Å². The van der Waals surface area contributed by atoms with Gasteiger partial charge in [-0.3, -0.25) is 9.59 Å². The number of thiazole rings is 1. The van der Waals surface area contributed by atoms with Gasteiger partial charge in [-0.2, -0.15) is 0 Å². The number of anilines is 1. The lowest BCUT2D eigenvalue weighted by Crippen LogP contribution is -2.37. The molecule has 2 heterocycles. The number of nitrogens with one attached hydrogen (secondary N) is 2. The van der Waals surface area contributed by atoms with Crippen LogP contribution >= 0.6 is 11.3 Å². The summed E-state index contributed by atoms with van der Waals surface area (Å²) in [7, 11) is 0. The molecule has 2 aromatic rings. The molecule has 0 spiro atoms. The van der Waals surface area contributed by atoms with Crippen LogP contribution in [0.2, 0.25) is 0 Å². The molecule has 6 heteroatoms. The molecule has 1 saturated heterocycles. The average Bonchev–Trinajstić information content (AvgIpc) is 3.06. The Morgan fingerprint density at radius 3 is 2.81 bits per heavy atom. The SMILES string of the molecule is Cc1sc(NC(=O)C2CCC(=O)N2)nc1-c1ccccc1. The van der Waals surface area contributed by atoms with Gasteiger partial charge in [0.2, 0.25) is 11.8 Å². The summed E-state index contributed by atoms with van der Waals surface area (Å²) in [6, 6.07) is 9.41. The lowest BCUT2D eigenvalue weighted by atomic mass is 10.1. The van der Waals surface area contributed by atoms with Crippen molar-refractivity contribution in [2.75, 3.05) is 5.32 Å². The van der Waals surface area contributed by atoms with E-state index in [1.807, 2.05) is 37.3 Å². The summed E-state index contributed by atoms with van der Waals surface area (Å²) in [5, 5.41) is 6.01. The van der Waals surface area contributed by atoms with E-state index in [1.54, 1.807) is 0 Å². The zero-order chi connectivity index (χ0) is 14.8. The third kappa shape index (κ3) is 2.95. The minimum atomic E-state index is -0.443. The largest absolute Gasteiger partial charge is 0.344 e. The molecule has 3 rings (SSSR count). The fraction of sp³-hybridized carbons (Fsp3) is 0.267. The third-order valence-corrected chi connectivity index (χ3v) is 4.27. The van der Waals surface area contributed by atoms with Crippen LogP contribution in [0.5, 0.6) is 0 Å². The Morgan fingerprint density at radius 2 is 2.14 bits per heavy atom. The van der Waals surface area contributed by atoms with Crippen LogP contribution in [0.15, 0.2) is 30.3 Å². The molecule has 2 N–H and O–H groups in total. The molecule has 1 atom stereocenters. The highest BCUT2D eigenvalue weighted by atomic mass is 32.1. The van der Waals surface area contributed by atoms with E-state index >= 15 is 0 Å². The summed E-state index contributed by atoms with van der Waals surface area (Å²) >= 11 is 1.44. The molecule has 21 heavy (non-hydrogen) atoms. The van der Waals surface area contributed by atoms with Crippen molar-refractivity contribution in [2.45, 2.75) is 25.8 Å². The van der Waals surface area contributed by atoms with Gasteiger partial charge in [0.1, 0.15) is 6.04 Å². The molecule has 1 unspecified atom stereocenters. The lowest BCUT2D eigenvalue weighted by molar-refractivity contribution is -0.122. The minimum Gasteiger partial charge on any atom is -0.344 e. The summed E-state index contributed by atoms with van der Waals surface area (Å²) in [5.41, 5.74) is 1.91. The van der Waals surface area contributed by atoms with Crippen molar-refractivity contribution in [3.05, 3.63) is 35.2 Å². The molecule has 0 radical (unpaired) electrons. The smallest absolute Gasteiger partial charge is 0.248 e. The Bertz CT molecular complexity index is 681. The van der Waals surface area contributed by atoms with E-state index in [1.165, 1.54) is 11.3 Å². The summed E-state index contributed by atoms with van der Waals surface area (Å²) in [5.74, 6) is -0.273. The molecule has 108 valence electrons. The Labute approximate surface area is 126 Å². The molecule has 5 nitrogen and oxygen atoms in total. The maximum absolute atomic E-state index is 12.1. The molecular formula is C15H15N3O2S. The van der Waals surface area contributed by atoms with Crippen molar-refractivity contribution in [1.82, 2.24) is 10.3 Å². The Kier molecular flexibility index (Phi) is 3.70.